The van der Waals surface area contributed by atoms with Gasteiger partial charge < -0.3 is 9.47 Å². The van der Waals surface area contributed by atoms with Gasteiger partial charge in [0.25, 0.3) is 0 Å². The van der Waals surface area contributed by atoms with Gasteiger partial charge in [-0.2, -0.15) is 0 Å². The molecule has 0 amide bonds. The van der Waals surface area contributed by atoms with Crippen molar-refractivity contribution in [2.45, 2.75) is 58.2 Å². The third-order valence-electron chi connectivity index (χ3n) is 7.40. The summed E-state index contributed by atoms with van der Waals surface area (Å²) in [6, 6.07) is 39.2. The van der Waals surface area contributed by atoms with E-state index >= 15 is 0 Å². The highest BCUT2D eigenvalue weighted by Crippen LogP contribution is 2.38. The summed E-state index contributed by atoms with van der Waals surface area (Å²) in [6.45, 7) is 9.69. The van der Waals surface area contributed by atoms with E-state index in [1.54, 1.807) is 7.11 Å². The third kappa shape index (κ3) is 6.85. The summed E-state index contributed by atoms with van der Waals surface area (Å²) in [5.41, 5.74) is 5.15. The standard InChI is InChI=1S/C35H41NO2/c1-26(2)38-32-22-20-31(21-23-32)33(34-18-12-13-19-35(34)37-5)24-25-36(27(3)29-14-8-6-9-15-29)28(4)30-16-10-7-11-17-30/h6-23,26-28,33H,24-25H2,1-5H3/t27-,28+,33-/m0/s1. The van der Waals surface area contributed by atoms with Crippen LogP contribution in [0.4, 0.5) is 0 Å². The van der Waals surface area contributed by atoms with Gasteiger partial charge in [-0.3, -0.25) is 4.90 Å². The van der Waals surface area contributed by atoms with Crippen LogP contribution in [-0.4, -0.2) is 24.7 Å². The van der Waals surface area contributed by atoms with Gasteiger partial charge in [0.15, 0.2) is 0 Å². The minimum absolute atomic E-state index is 0.151. The summed E-state index contributed by atoms with van der Waals surface area (Å²) >= 11 is 0. The lowest BCUT2D eigenvalue weighted by atomic mass is 9.87. The molecule has 0 unspecified atom stereocenters. The number of methoxy groups -OCH3 is 1. The van der Waals surface area contributed by atoms with Crippen LogP contribution in [0.2, 0.25) is 0 Å². The molecule has 198 valence electrons. The number of hydrogen-bond acceptors (Lipinski definition) is 3. The quantitative estimate of drug-likeness (QED) is 0.191. The molecule has 0 saturated heterocycles. The van der Waals surface area contributed by atoms with E-state index in [2.05, 4.69) is 136 Å². The van der Waals surface area contributed by atoms with E-state index in [0.29, 0.717) is 0 Å². The van der Waals surface area contributed by atoms with E-state index in [4.69, 9.17) is 9.47 Å². The van der Waals surface area contributed by atoms with Crippen molar-refractivity contribution in [2.75, 3.05) is 13.7 Å². The van der Waals surface area contributed by atoms with Crippen molar-refractivity contribution < 1.29 is 9.47 Å². The van der Waals surface area contributed by atoms with Gasteiger partial charge in [-0.25, -0.2) is 0 Å². The minimum Gasteiger partial charge on any atom is -0.496 e. The second-order valence-electron chi connectivity index (χ2n) is 10.2. The molecular weight excluding hydrogens is 466 g/mol. The van der Waals surface area contributed by atoms with E-state index in [1.807, 2.05) is 6.07 Å². The van der Waals surface area contributed by atoms with E-state index < -0.39 is 0 Å². The van der Waals surface area contributed by atoms with Crippen LogP contribution in [0.15, 0.2) is 109 Å². The molecule has 0 aliphatic heterocycles. The molecule has 3 heteroatoms. The van der Waals surface area contributed by atoms with Crippen molar-refractivity contribution in [1.29, 1.82) is 0 Å². The van der Waals surface area contributed by atoms with Crippen molar-refractivity contribution in [3.05, 3.63) is 131 Å². The van der Waals surface area contributed by atoms with Crippen LogP contribution in [0.3, 0.4) is 0 Å². The molecule has 38 heavy (non-hydrogen) atoms. The predicted molar refractivity (Wildman–Crippen MR) is 158 cm³/mol. The lowest BCUT2D eigenvalue weighted by Gasteiger charge is -2.36. The lowest BCUT2D eigenvalue weighted by molar-refractivity contribution is 0.150. The first kappa shape index (κ1) is 27.5. The number of para-hydroxylation sites is 1. The zero-order valence-electron chi connectivity index (χ0n) is 23.4. The Kier molecular flexibility index (Phi) is 9.62. The van der Waals surface area contributed by atoms with Crippen molar-refractivity contribution in [3.8, 4) is 11.5 Å². The molecule has 4 aromatic rings. The molecule has 0 bridgehead atoms. The Labute approximate surface area is 229 Å². The molecule has 0 spiro atoms. The SMILES string of the molecule is COc1ccccc1[C@@H](CCN([C@H](C)c1ccccc1)[C@@H](C)c1ccccc1)c1ccc(OC(C)C)cc1. The zero-order chi connectivity index (χ0) is 26.9. The van der Waals surface area contributed by atoms with Gasteiger partial charge in [0.1, 0.15) is 11.5 Å². The summed E-state index contributed by atoms with van der Waals surface area (Å²) in [5.74, 6) is 2.02. The van der Waals surface area contributed by atoms with Gasteiger partial charge in [0, 0.05) is 30.1 Å². The first-order chi connectivity index (χ1) is 18.5. The van der Waals surface area contributed by atoms with Crippen molar-refractivity contribution in [3.63, 3.8) is 0 Å². The van der Waals surface area contributed by atoms with Crippen LogP contribution < -0.4 is 9.47 Å². The van der Waals surface area contributed by atoms with Crippen LogP contribution in [-0.2, 0) is 0 Å². The van der Waals surface area contributed by atoms with E-state index in [9.17, 15) is 0 Å². The maximum absolute atomic E-state index is 5.93. The highest BCUT2D eigenvalue weighted by Gasteiger charge is 2.26. The third-order valence-corrected chi connectivity index (χ3v) is 7.40. The highest BCUT2D eigenvalue weighted by atomic mass is 16.5. The molecule has 0 saturated carbocycles. The van der Waals surface area contributed by atoms with Crippen molar-refractivity contribution in [2.24, 2.45) is 0 Å². The molecule has 3 atom stereocenters. The molecule has 0 N–H and O–H groups in total. The summed E-state index contributed by atoms with van der Waals surface area (Å²) < 4.78 is 11.8. The van der Waals surface area contributed by atoms with E-state index in [0.717, 1.165) is 24.5 Å². The summed E-state index contributed by atoms with van der Waals surface area (Å²) in [4.78, 5) is 2.63. The number of rotatable bonds is 12. The van der Waals surface area contributed by atoms with Crippen LogP contribution in [0.5, 0.6) is 11.5 Å². The number of ether oxygens (including phenoxy) is 2. The number of hydrogen-bond donors (Lipinski definition) is 0. The smallest absolute Gasteiger partial charge is 0.122 e. The maximum Gasteiger partial charge on any atom is 0.122 e. The van der Waals surface area contributed by atoms with Gasteiger partial charge >= 0.3 is 0 Å². The largest absolute Gasteiger partial charge is 0.496 e. The van der Waals surface area contributed by atoms with Crippen molar-refractivity contribution in [1.82, 2.24) is 4.90 Å². The molecule has 0 heterocycles. The highest BCUT2D eigenvalue weighted by molar-refractivity contribution is 5.43. The normalized spacial score (nSPS) is 13.8. The molecule has 4 rings (SSSR count). The minimum atomic E-state index is 0.151. The average molecular weight is 508 g/mol. The monoisotopic (exact) mass is 507 g/mol. The molecule has 4 aromatic carbocycles. The number of benzene rings is 4. The Hall–Kier alpha value is -3.56. The molecule has 0 radical (unpaired) electrons. The fraction of sp³-hybridized carbons (Fsp3) is 0.314. The van der Waals surface area contributed by atoms with Crippen LogP contribution in [0.1, 0.15) is 74.4 Å². The average Bonchev–Trinajstić information content (AvgIpc) is 2.96. The maximum atomic E-state index is 5.93. The molecule has 0 aliphatic rings. The second kappa shape index (κ2) is 13.3. The van der Waals surface area contributed by atoms with Crippen molar-refractivity contribution >= 4 is 0 Å². The molecular formula is C35H41NO2. The van der Waals surface area contributed by atoms with Gasteiger partial charge in [0.2, 0.25) is 0 Å². The Balaban J connectivity index is 1.67. The fourth-order valence-electron chi connectivity index (χ4n) is 5.35. The summed E-state index contributed by atoms with van der Waals surface area (Å²) in [6.07, 6.45) is 1.11. The summed E-state index contributed by atoms with van der Waals surface area (Å²) in [5, 5.41) is 0. The first-order valence-corrected chi connectivity index (χ1v) is 13.7. The lowest BCUT2D eigenvalue weighted by Crippen LogP contribution is -2.32. The second-order valence-corrected chi connectivity index (χ2v) is 10.2. The Morgan fingerprint density at radius 2 is 1.13 bits per heavy atom. The Bertz CT molecular complexity index is 1190. The van der Waals surface area contributed by atoms with Gasteiger partial charge in [-0.15, -0.1) is 0 Å². The summed E-state index contributed by atoms with van der Waals surface area (Å²) in [7, 11) is 1.76. The fourth-order valence-corrected chi connectivity index (χ4v) is 5.35. The van der Waals surface area contributed by atoms with Crippen LogP contribution in [0.25, 0.3) is 0 Å². The van der Waals surface area contributed by atoms with Crippen LogP contribution in [0, 0.1) is 0 Å². The zero-order valence-corrected chi connectivity index (χ0v) is 23.4. The van der Waals surface area contributed by atoms with Crippen LogP contribution >= 0.6 is 0 Å². The van der Waals surface area contributed by atoms with E-state index in [1.165, 1.54) is 22.3 Å². The van der Waals surface area contributed by atoms with E-state index in [-0.39, 0.29) is 24.1 Å². The molecule has 0 fully saturated rings. The predicted octanol–water partition coefficient (Wildman–Crippen LogP) is 8.83. The van der Waals surface area contributed by atoms with Gasteiger partial charge in [-0.1, -0.05) is 91.0 Å². The first-order valence-electron chi connectivity index (χ1n) is 13.7. The van der Waals surface area contributed by atoms with Gasteiger partial charge in [-0.05, 0) is 69.0 Å². The number of nitrogens with zero attached hydrogens (tertiary/aromatic N) is 1. The molecule has 3 nitrogen and oxygen atoms in total. The van der Waals surface area contributed by atoms with Gasteiger partial charge in [0.05, 0.1) is 13.2 Å². The topological polar surface area (TPSA) is 21.7 Å². The molecule has 0 aromatic heterocycles. The molecule has 0 aliphatic carbocycles. The Morgan fingerprint density at radius 3 is 1.66 bits per heavy atom. The Morgan fingerprint density at radius 1 is 0.605 bits per heavy atom.